The van der Waals surface area contributed by atoms with Crippen LogP contribution in [0, 0.1) is 5.92 Å². The summed E-state index contributed by atoms with van der Waals surface area (Å²) in [5, 5.41) is 0. The lowest BCUT2D eigenvalue weighted by Crippen LogP contribution is -2.60. The van der Waals surface area contributed by atoms with Gasteiger partial charge in [-0.05, 0) is 56.5 Å². The maximum Gasteiger partial charge on any atom is 0.264 e. The van der Waals surface area contributed by atoms with Crippen LogP contribution in [0.4, 0.5) is 0 Å². The molecule has 0 saturated carbocycles. The number of thiophene rings is 1. The van der Waals surface area contributed by atoms with E-state index in [4.69, 9.17) is 0 Å². The van der Waals surface area contributed by atoms with E-state index < -0.39 is 0 Å². The topological polar surface area (TPSA) is 40.6 Å². The minimum Gasteiger partial charge on any atom is -0.332 e. The molecule has 0 unspecified atom stereocenters. The fourth-order valence-corrected chi connectivity index (χ4v) is 6.29. The van der Waals surface area contributed by atoms with Crippen molar-refractivity contribution in [2.24, 2.45) is 5.92 Å². The molecule has 0 radical (unpaired) electrons. The van der Waals surface area contributed by atoms with Crippen molar-refractivity contribution in [2.45, 2.75) is 37.8 Å². The van der Waals surface area contributed by atoms with Gasteiger partial charge in [-0.3, -0.25) is 14.5 Å². The third-order valence-corrected chi connectivity index (χ3v) is 7.82. The molecule has 0 N–H and O–H groups in total. The Morgan fingerprint density at radius 2 is 1.67 bits per heavy atom. The first kappa shape index (κ1) is 17.1. The van der Waals surface area contributed by atoms with E-state index in [-0.39, 0.29) is 11.7 Å². The molecule has 140 valence electrons. The smallest absolute Gasteiger partial charge is 0.264 e. The standard InChI is InChI=1S/C22H24N2O2S/c1-14(25)18-7-8-19(27-18)22(26)24-13-17(15-5-3-2-4-6-15)21-20(24)16-9-11-23(21)12-10-16/h2-8,16-17,20-21H,9-13H2,1H3/t17-,20-,21-/m1/s1. The minimum atomic E-state index is 0.0309. The molecule has 3 atom stereocenters. The van der Waals surface area contributed by atoms with Crippen LogP contribution < -0.4 is 0 Å². The molecule has 0 spiro atoms. The molecule has 2 aromatic rings. The summed E-state index contributed by atoms with van der Waals surface area (Å²) in [7, 11) is 0. The molecule has 2 bridgehead atoms. The summed E-state index contributed by atoms with van der Waals surface area (Å²) < 4.78 is 0. The van der Waals surface area contributed by atoms with Crippen LogP contribution in [-0.4, -0.2) is 53.2 Å². The Kier molecular flexibility index (Phi) is 4.17. The molecule has 4 aliphatic heterocycles. The number of nitrogens with zero attached hydrogens (tertiary/aromatic N) is 2. The number of amides is 1. The second-order valence-corrected chi connectivity index (χ2v) is 9.13. The zero-order valence-corrected chi connectivity index (χ0v) is 16.3. The zero-order chi connectivity index (χ0) is 18.5. The summed E-state index contributed by atoms with van der Waals surface area (Å²) in [5.74, 6) is 1.11. The predicted molar refractivity (Wildman–Crippen MR) is 106 cm³/mol. The van der Waals surface area contributed by atoms with Gasteiger partial charge in [0.05, 0.1) is 15.8 Å². The van der Waals surface area contributed by atoms with Gasteiger partial charge >= 0.3 is 0 Å². The average molecular weight is 381 g/mol. The molecule has 1 aromatic carbocycles. The predicted octanol–water partition coefficient (Wildman–Crippen LogP) is 3.65. The number of Topliss-reactive ketones (excluding diaryl/α,β-unsaturated/α-hetero) is 1. The highest BCUT2D eigenvalue weighted by atomic mass is 32.1. The van der Waals surface area contributed by atoms with Crippen LogP contribution in [0.25, 0.3) is 0 Å². The highest BCUT2D eigenvalue weighted by Gasteiger charge is 2.54. The van der Waals surface area contributed by atoms with Crippen molar-refractivity contribution in [1.82, 2.24) is 9.80 Å². The largest absolute Gasteiger partial charge is 0.332 e. The van der Waals surface area contributed by atoms with Gasteiger partial charge in [0.1, 0.15) is 0 Å². The van der Waals surface area contributed by atoms with Gasteiger partial charge in [0.25, 0.3) is 5.91 Å². The van der Waals surface area contributed by atoms with Crippen LogP contribution in [0.15, 0.2) is 42.5 Å². The van der Waals surface area contributed by atoms with Crippen molar-refractivity contribution in [2.75, 3.05) is 19.6 Å². The van der Waals surface area contributed by atoms with Crippen LogP contribution in [0.1, 0.15) is 50.6 Å². The van der Waals surface area contributed by atoms with Crippen molar-refractivity contribution in [3.8, 4) is 0 Å². The fraction of sp³-hybridized carbons (Fsp3) is 0.455. The molecule has 27 heavy (non-hydrogen) atoms. The number of fused-ring (bicyclic) bond motifs is 2. The lowest BCUT2D eigenvalue weighted by molar-refractivity contribution is -0.00325. The van der Waals surface area contributed by atoms with Gasteiger partial charge in [-0.15, -0.1) is 11.3 Å². The summed E-state index contributed by atoms with van der Waals surface area (Å²) in [4.78, 5) is 31.2. The van der Waals surface area contributed by atoms with Crippen molar-refractivity contribution in [3.63, 3.8) is 0 Å². The maximum absolute atomic E-state index is 13.4. The molecule has 6 rings (SSSR count). The second kappa shape index (κ2) is 6.57. The fourth-order valence-electron chi connectivity index (χ4n) is 5.43. The minimum absolute atomic E-state index is 0.0309. The molecule has 4 saturated heterocycles. The Labute approximate surface area is 163 Å². The Balaban J connectivity index is 1.50. The summed E-state index contributed by atoms with van der Waals surface area (Å²) in [6, 6.07) is 15.0. The first-order valence-electron chi connectivity index (χ1n) is 9.84. The van der Waals surface area contributed by atoms with Gasteiger partial charge in [-0.1, -0.05) is 30.3 Å². The normalized spacial score (nSPS) is 31.7. The van der Waals surface area contributed by atoms with E-state index in [1.165, 1.54) is 29.7 Å². The van der Waals surface area contributed by atoms with Crippen molar-refractivity contribution < 1.29 is 9.59 Å². The van der Waals surface area contributed by atoms with E-state index in [1.54, 1.807) is 13.0 Å². The number of ketones is 1. The SMILES string of the molecule is CC(=O)c1ccc(C(=O)N2C[C@H](c3ccccc3)[C@@H]3[C@H]2C2CCN3CC2)s1. The summed E-state index contributed by atoms with van der Waals surface area (Å²) >= 11 is 1.34. The quantitative estimate of drug-likeness (QED) is 0.763. The van der Waals surface area contributed by atoms with Crippen molar-refractivity contribution >= 4 is 23.0 Å². The van der Waals surface area contributed by atoms with Gasteiger partial charge in [0.15, 0.2) is 5.78 Å². The van der Waals surface area contributed by atoms with E-state index >= 15 is 0 Å². The lowest BCUT2D eigenvalue weighted by atomic mass is 9.75. The maximum atomic E-state index is 13.4. The number of hydrogen-bond acceptors (Lipinski definition) is 4. The second-order valence-electron chi connectivity index (χ2n) is 8.05. The van der Waals surface area contributed by atoms with Gasteiger partial charge < -0.3 is 4.90 Å². The Hall–Kier alpha value is -1.98. The third kappa shape index (κ3) is 2.75. The monoisotopic (exact) mass is 380 g/mol. The molecular weight excluding hydrogens is 356 g/mol. The summed E-state index contributed by atoms with van der Waals surface area (Å²) in [6.45, 7) is 4.65. The number of piperidine rings is 3. The van der Waals surface area contributed by atoms with Crippen LogP contribution >= 0.6 is 11.3 Å². The third-order valence-electron chi connectivity index (χ3n) is 6.65. The number of hydrogen-bond donors (Lipinski definition) is 0. The number of benzene rings is 1. The summed E-state index contributed by atoms with van der Waals surface area (Å²) in [6.07, 6.45) is 2.38. The van der Waals surface area contributed by atoms with Crippen LogP contribution in [0.2, 0.25) is 0 Å². The highest BCUT2D eigenvalue weighted by molar-refractivity contribution is 7.15. The molecule has 1 amide bonds. The van der Waals surface area contributed by atoms with E-state index in [0.29, 0.717) is 33.7 Å². The Morgan fingerprint density at radius 3 is 2.33 bits per heavy atom. The van der Waals surface area contributed by atoms with E-state index in [2.05, 4.69) is 40.1 Å². The van der Waals surface area contributed by atoms with Crippen molar-refractivity contribution in [1.29, 1.82) is 0 Å². The van der Waals surface area contributed by atoms with Gasteiger partial charge in [0.2, 0.25) is 0 Å². The first-order valence-corrected chi connectivity index (χ1v) is 10.7. The number of carbonyl (C=O) groups is 2. The number of rotatable bonds is 3. The summed E-state index contributed by atoms with van der Waals surface area (Å²) in [5.41, 5.74) is 1.34. The van der Waals surface area contributed by atoms with Gasteiger partial charge in [0, 0.05) is 18.5 Å². The van der Waals surface area contributed by atoms with Crippen LogP contribution in [-0.2, 0) is 0 Å². The van der Waals surface area contributed by atoms with Crippen molar-refractivity contribution in [3.05, 3.63) is 57.8 Å². The molecule has 0 aliphatic carbocycles. The van der Waals surface area contributed by atoms with Gasteiger partial charge in [-0.2, -0.15) is 0 Å². The van der Waals surface area contributed by atoms with Crippen LogP contribution in [0.5, 0.6) is 0 Å². The average Bonchev–Trinajstić information content (AvgIpc) is 3.36. The molecular formula is C22H24N2O2S. The zero-order valence-electron chi connectivity index (χ0n) is 15.5. The Bertz CT molecular complexity index is 869. The molecule has 5 heterocycles. The lowest BCUT2D eigenvalue weighted by Gasteiger charge is -2.51. The number of likely N-dealkylation sites (tertiary alicyclic amines) is 1. The molecule has 1 aromatic heterocycles. The first-order chi connectivity index (χ1) is 13.1. The van der Waals surface area contributed by atoms with Gasteiger partial charge in [-0.25, -0.2) is 0 Å². The molecule has 4 fully saturated rings. The molecule has 4 nitrogen and oxygen atoms in total. The molecule has 4 aliphatic rings. The highest BCUT2D eigenvalue weighted by Crippen LogP contribution is 2.47. The number of carbonyl (C=O) groups excluding carboxylic acids is 2. The van der Waals surface area contributed by atoms with E-state index in [9.17, 15) is 9.59 Å². The van der Waals surface area contributed by atoms with E-state index in [0.717, 1.165) is 19.6 Å². The van der Waals surface area contributed by atoms with E-state index in [1.807, 2.05) is 6.07 Å². The molecule has 5 heteroatoms. The Morgan fingerprint density at radius 1 is 0.963 bits per heavy atom. The van der Waals surface area contributed by atoms with Crippen LogP contribution in [0.3, 0.4) is 0 Å².